The van der Waals surface area contributed by atoms with E-state index < -0.39 is 5.82 Å². The summed E-state index contributed by atoms with van der Waals surface area (Å²) >= 11 is 0. The Bertz CT molecular complexity index is 377. The minimum Gasteiger partial charge on any atom is -0.330 e. The highest BCUT2D eigenvalue weighted by Crippen LogP contribution is 2.20. The van der Waals surface area contributed by atoms with Crippen molar-refractivity contribution in [2.24, 2.45) is 11.1 Å². The molecule has 1 aromatic carbocycles. The summed E-state index contributed by atoms with van der Waals surface area (Å²) in [5.41, 5.74) is 5.46. The molecule has 0 unspecified atom stereocenters. The number of nitrogens with two attached hydrogens (primary N) is 1. The first kappa shape index (κ1) is 12.6. The lowest BCUT2D eigenvalue weighted by molar-refractivity contribution is -0.117. The zero-order valence-electron chi connectivity index (χ0n) is 9.59. The van der Waals surface area contributed by atoms with Crippen LogP contribution in [0, 0.1) is 11.2 Å². The van der Waals surface area contributed by atoms with Crippen molar-refractivity contribution in [3.63, 3.8) is 0 Å². The second kappa shape index (κ2) is 5.07. The molecule has 16 heavy (non-hydrogen) atoms. The van der Waals surface area contributed by atoms with Crippen LogP contribution in [0.3, 0.4) is 0 Å². The number of hydrogen-bond donors (Lipinski definition) is 2. The molecule has 0 aromatic heterocycles. The predicted molar refractivity (Wildman–Crippen MR) is 62.5 cm³/mol. The molecular weight excluding hydrogens is 207 g/mol. The topological polar surface area (TPSA) is 55.1 Å². The van der Waals surface area contributed by atoms with Gasteiger partial charge in [0, 0.05) is 6.42 Å². The Morgan fingerprint density at radius 1 is 1.44 bits per heavy atom. The molecule has 1 rings (SSSR count). The molecule has 0 bridgehead atoms. The molecule has 0 saturated carbocycles. The molecule has 0 spiro atoms. The van der Waals surface area contributed by atoms with Crippen molar-refractivity contribution >= 4 is 11.6 Å². The molecule has 4 heteroatoms. The van der Waals surface area contributed by atoms with Gasteiger partial charge in [0.25, 0.3) is 0 Å². The fraction of sp³-hybridized carbons (Fsp3) is 0.417. The summed E-state index contributed by atoms with van der Waals surface area (Å²) in [4.78, 5) is 11.6. The summed E-state index contributed by atoms with van der Waals surface area (Å²) in [6.07, 6.45) is 0.276. The fourth-order valence-corrected chi connectivity index (χ4v) is 1.26. The molecular formula is C12H17FN2O. The van der Waals surface area contributed by atoms with Gasteiger partial charge in [0.1, 0.15) is 5.82 Å². The van der Waals surface area contributed by atoms with Crippen LogP contribution in [0.5, 0.6) is 0 Å². The lowest BCUT2D eigenvalue weighted by atomic mass is 9.89. The Morgan fingerprint density at radius 2 is 2.06 bits per heavy atom. The van der Waals surface area contributed by atoms with Gasteiger partial charge in [0.05, 0.1) is 5.69 Å². The van der Waals surface area contributed by atoms with Crippen molar-refractivity contribution in [2.45, 2.75) is 20.3 Å². The summed E-state index contributed by atoms with van der Waals surface area (Å²) in [5, 5.41) is 2.53. The van der Waals surface area contributed by atoms with Crippen molar-refractivity contribution in [3.05, 3.63) is 30.1 Å². The van der Waals surface area contributed by atoms with E-state index in [0.717, 1.165) is 0 Å². The largest absolute Gasteiger partial charge is 0.330 e. The number of anilines is 1. The standard InChI is InChI=1S/C12H17FN2O/c1-12(2,8-14)7-11(16)15-10-6-4-3-5-9(10)13/h3-6H,7-8,14H2,1-2H3,(H,15,16). The lowest BCUT2D eigenvalue weighted by Crippen LogP contribution is -2.29. The molecule has 0 heterocycles. The third-order valence-corrected chi connectivity index (χ3v) is 2.34. The maximum absolute atomic E-state index is 13.2. The normalized spacial score (nSPS) is 11.2. The van der Waals surface area contributed by atoms with E-state index in [4.69, 9.17) is 5.73 Å². The number of carbonyl (C=O) groups is 1. The fourth-order valence-electron chi connectivity index (χ4n) is 1.26. The molecule has 0 fully saturated rings. The second-order valence-electron chi connectivity index (χ2n) is 4.57. The summed E-state index contributed by atoms with van der Waals surface area (Å²) in [7, 11) is 0. The quantitative estimate of drug-likeness (QED) is 0.823. The van der Waals surface area contributed by atoms with Crippen LogP contribution < -0.4 is 11.1 Å². The Morgan fingerprint density at radius 3 is 2.62 bits per heavy atom. The van der Waals surface area contributed by atoms with E-state index in [1.165, 1.54) is 12.1 Å². The highest BCUT2D eigenvalue weighted by atomic mass is 19.1. The number of para-hydroxylation sites is 1. The van der Waals surface area contributed by atoms with Crippen molar-refractivity contribution in [3.8, 4) is 0 Å². The van der Waals surface area contributed by atoms with Crippen LogP contribution in [0.4, 0.5) is 10.1 Å². The van der Waals surface area contributed by atoms with E-state index in [9.17, 15) is 9.18 Å². The molecule has 3 nitrogen and oxygen atoms in total. The second-order valence-corrected chi connectivity index (χ2v) is 4.57. The summed E-state index contributed by atoms with van der Waals surface area (Å²) in [6.45, 7) is 4.21. The Labute approximate surface area is 94.8 Å². The van der Waals surface area contributed by atoms with Gasteiger partial charge in [-0.25, -0.2) is 4.39 Å². The minimum atomic E-state index is -0.429. The number of hydrogen-bond acceptors (Lipinski definition) is 2. The molecule has 0 atom stereocenters. The molecule has 88 valence electrons. The van der Waals surface area contributed by atoms with Gasteiger partial charge in [0.15, 0.2) is 0 Å². The van der Waals surface area contributed by atoms with Crippen LogP contribution in [0.2, 0.25) is 0 Å². The van der Waals surface area contributed by atoms with Crippen molar-refractivity contribution in [2.75, 3.05) is 11.9 Å². The van der Waals surface area contributed by atoms with E-state index in [-0.39, 0.29) is 23.4 Å². The number of rotatable bonds is 4. The van der Waals surface area contributed by atoms with Crippen molar-refractivity contribution in [1.82, 2.24) is 0 Å². The minimum absolute atomic E-state index is 0.209. The number of benzene rings is 1. The maximum atomic E-state index is 13.2. The van der Waals surface area contributed by atoms with E-state index in [1.54, 1.807) is 12.1 Å². The molecule has 3 N–H and O–H groups in total. The third kappa shape index (κ3) is 3.62. The first-order chi connectivity index (χ1) is 7.44. The maximum Gasteiger partial charge on any atom is 0.225 e. The number of carbonyl (C=O) groups excluding carboxylic acids is 1. The highest BCUT2D eigenvalue weighted by molar-refractivity contribution is 5.91. The van der Waals surface area contributed by atoms with Gasteiger partial charge in [-0.1, -0.05) is 26.0 Å². The van der Waals surface area contributed by atoms with Crippen LogP contribution in [0.15, 0.2) is 24.3 Å². The lowest BCUT2D eigenvalue weighted by Gasteiger charge is -2.21. The molecule has 0 aliphatic carbocycles. The Hall–Kier alpha value is -1.42. The monoisotopic (exact) mass is 224 g/mol. The van der Waals surface area contributed by atoms with Gasteiger partial charge in [0.2, 0.25) is 5.91 Å². The van der Waals surface area contributed by atoms with Crippen LogP contribution in [0.1, 0.15) is 20.3 Å². The zero-order chi connectivity index (χ0) is 12.2. The van der Waals surface area contributed by atoms with E-state index in [2.05, 4.69) is 5.32 Å². The number of amides is 1. The molecule has 0 radical (unpaired) electrons. The average Bonchev–Trinajstić information content (AvgIpc) is 2.21. The van der Waals surface area contributed by atoms with Gasteiger partial charge in [-0.2, -0.15) is 0 Å². The molecule has 1 amide bonds. The molecule has 0 aliphatic heterocycles. The zero-order valence-corrected chi connectivity index (χ0v) is 9.59. The smallest absolute Gasteiger partial charge is 0.225 e. The van der Waals surface area contributed by atoms with Gasteiger partial charge in [-0.3, -0.25) is 4.79 Å². The first-order valence-corrected chi connectivity index (χ1v) is 5.19. The van der Waals surface area contributed by atoms with Gasteiger partial charge >= 0.3 is 0 Å². The van der Waals surface area contributed by atoms with Gasteiger partial charge < -0.3 is 11.1 Å². The molecule has 1 aromatic rings. The van der Waals surface area contributed by atoms with E-state index in [1.807, 2.05) is 13.8 Å². The van der Waals surface area contributed by atoms with Gasteiger partial charge in [-0.15, -0.1) is 0 Å². The third-order valence-electron chi connectivity index (χ3n) is 2.34. The summed E-state index contributed by atoms with van der Waals surface area (Å²) in [5.74, 6) is -0.651. The van der Waals surface area contributed by atoms with Crippen molar-refractivity contribution in [1.29, 1.82) is 0 Å². The van der Waals surface area contributed by atoms with Crippen LogP contribution >= 0.6 is 0 Å². The predicted octanol–water partition coefficient (Wildman–Crippen LogP) is 2.14. The number of nitrogens with one attached hydrogen (secondary N) is 1. The van der Waals surface area contributed by atoms with E-state index in [0.29, 0.717) is 6.54 Å². The first-order valence-electron chi connectivity index (χ1n) is 5.19. The summed E-state index contributed by atoms with van der Waals surface area (Å²) < 4.78 is 13.2. The van der Waals surface area contributed by atoms with Crippen molar-refractivity contribution < 1.29 is 9.18 Å². The van der Waals surface area contributed by atoms with E-state index >= 15 is 0 Å². The molecule has 0 saturated heterocycles. The van der Waals surface area contributed by atoms with Crippen LogP contribution in [-0.4, -0.2) is 12.5 Å². The Balaban J connectivity index is 2.62. The highest BCUT2D eigenvalue weighted by Gasteiger charge is 2.20. The molecule has 0 aliphatic rings. The van der Waals surface area contributed by atoms with Gasteiger partial charge in [-0.05, 0) is 24.1 Å². The summed E-state index contributed by atoms with van der Waals surface area (Å²) in [6, 6.07) is 6.09. The average molecular weight is 224 g/mol. The van der Waals surface area contributed by atoms with Crippen LogP contribution in [0.25, 0.3) is 0 Å². The SMILES string of the molecule is CC(C)(CN)CC(=O)Nc1ccccc1F. The Kier molecular flexibility index (Phi) is 4.01. The van der Waals surface area contributed by atoms with Crippen LogP contribution in [-0.2, 0) is 4.79 Å². The number of halogens is 1.